The summed E-state index contributed by atoms with van der Waals surface area (Å²) in [7, 11) is 0. The minimum atomic E-state index is -1.18. The van der Waals surface area contributed by atoms with Crippen LogP contribution in [0.3, 0.4) is 0 Å². The van der Waals surface area contributed by atoms with Gasteiger partial charge in [0.05, 0.1) is 63.3 Å². The van der Waals surface area contributed by atoms with Crippen LogP contribution in [0.4, 0.5) is 0 Å². The van der Waals surface area contributed by atoms with Crippen LogP contribution in [0.2, 0.25) is 0 Å². The first kappa shape index (κ1) is 17.5. The Morgan fingerprint density at radius 1 is 0.343 bits per heavy atom. The molecule has 0 spiro atoms. The lowest BCUT2D eigenvalue weighted by Gasteiger charge is -2.17. The first-order valence-corrected chi connectivity index (χ1v) is 20.0. The van der Waals surface area contributed by atoms with Gasteiger partial charge in [-0.1, -0.05) is 218 Å². The molecule has 0 saturated heterocycles. The van der Waals surface area contributed by atoms with E-state index in [0.29, 0.717) is 0 Å². The molecule has 67 heavy (non-hydrogen) atoms. The van der Waals surface area contributed by atoms with Crippen LogP contribution in [-0.4, -0.2) is 9.97 Å². The molecule has 0 aliphatic heterocycles. The van der Waals surface area contributed by atoms with Crippen molar-refractivity contribution in [2.45, 2.75) is 0 Å². The lowest BCUT2D eigenvalue weighted by molar-refractivity contribution is 0.600. The number of nitrogens with zero attached hydrogens (tertiary/aromatic N) is 2. The summed E-state index contributed by atoms with van der Waals surface area (Å²) in [6, 6.07) is -24.4. The zero-order valence-electron chi connectivity index (χ0n) is 67.8. The van der Waals surface area contributed by atoms with Gasteiger partial charge in [0.2, 0.25) is 0 Å². The number of pyridine rings is 2. The smallest absolute Gasteiger partial charge is 0.144 e. The molecule has 0 bridgehead atoms. The van der Waals surface area contributed by atoms with Crippen LogP contribution in [0.5, 0.6) is 0 Å². The number of aromatic nitrogens is 2. The summed E-state index contributed by atoms with van der Waals surface area (Å²) >= 11 is 0. The first-order valence-electron chi connectivity index (χ1n) is 37.0. The maximum atomic E-state index is 10.4. The van der Waals surface area contributed by atoms with E-state index >= 15 is 0 Å². The molecule has 3 heterocycles. The summed E-state index contributed by atoms with van der Waals surface area (Å²) in [5.74, 6) is -2.20. The van der Waals surface area contributed by atoms with Gasteiger partial charge in [0.25, 0.3) is 0 Å². The van der Waals surface area contributed by atoms with E-state index in [0.717, 1.165) is 0 Å². The average molecular weight is 887 g/mol. The van der Waals surface area contributed by atoms with Crippen molar-refractivity contribution in [2.75, 3.05) is 0 Å². The largest absolute Gasteiger partial charge is 0.455 e. The second kappa shape index (κ2) is 16.0. The highest BCUT2D eigenvalue weighted by Crippen LogP contribution is 2.53. The van der Waals surface area contributed by atoms with Crippen LogP contribution in [0.1, 0.15) is 46.6 Å². The Morgan fingerprint density at radius 2 is 0.836 bits per heavy atom. The highest BCUT2D eigenvalue weighted by atomic mass is 16.3. The number of furan rings is 1. The molecule has 0 N–H and O–H groups in total. The normalized spacial score (nSPS) is 18.7. The summed E-state index contributed by atoms with van der Waals surface area (Å²) in [5.41, 5.74) is -9.14. The molecule has 312 valence electrons. The van der Waals surface area contributed by atoms with Crippen LogP contribution in [0, 0.1) is 0 Å². The summed E-state index contributed by atoms with van der Waals surface area (Å²) in [5, 5.41) is -4.02. The van der Waals surface area contributed by atoms with Crippen LogP contribution < -0.4 is 0 Å². The van der Waals surface area contributed by atoms with Gasteiger partial charge in [0.1, 0.15) is 11.5 Å². The Hall–Kier alpha value is -8.92. The fourth-order valence-electron chi connectivity index (χ4n) is 8.25. The molecule has 0 amide bonds. The van der Waals surface area contributed by atoms with E-state index in [1.54, 1.807) is 0 Å². The molecule has 0 saturated carbocycles. The van der Waals surface area contributed by atoms with Crippen molar-refractivity contribution in [1.82, 2.24) is 9.97 Å². The Kier molecular flexibility index (Phi) is 4.16. The lowest BCUT2D eigenvalue weighted by atomic mass is 9.85. The van der Waals surface area contributed by atoms with Gasteiger partial charge in [0.15, 0.2) is 0 Å². The molecule has 13 aromatic rings. The Balaban J connectivity index is 1.26. The third kappa shape index (κ3) is 6.43. The Morgan fingerprint density at radius 3 is 1.48 bits per heavy atom. The molecule has 0 atom stereocenters. The van der Waals surface area contributed by atoms with E-state index in [2.05, 4.69) is 4.98 Å². The van der Waals surface area contributed by atoms with E-state index in [1.807, 2.05) is 0 Å². The van der Waals surface area contributed by atoms with E-state index in [-0.39, 0.29) is 49.4 Å². The standard InChI is InChI=1S/C64H40N2O/c1-4-18-41(19-5-1)57-52-29-12-14-31-54(52)60(55-32-15-13-30-53(55)57)64-59(43-22-8-3-9-23-43)58(42-20-6-2-7-21-42)63(67-64)47-25-16-24-46(40-47)48-36-37-51(50-28-11-10-27-49(48)50)56-38-35-45-34-33-44-26-17-39-65-61(44)62(45)66-56/h1-40H/i1D,2D,3D,4D,5D,6D,7D,8D,9D,12D,13D,14D,15D,16D,17D,18D,19D,20D,21D,22D,23D,24D,25D,26D,29D,30D,31D,32D,33D,34D,35D,38D,39D,40D. The average Bonchev–Trinajstić information content (AvgIpc) is 1.68. The zero-order chi connectivity index (χ0) is 73.9. The molecule has 0 aliphatic rings. The van der Waals surface area contributed by atoms with E-state index in [4.69, 9.17) is 31.3 Å². The number of benzene rings is 10. The summed E-state index contributed by atoms with van der Waals surface area (Å²) in [4.78, 5) is 8.83. The molecule has 0 aliphatic carbocycles. The molecule has 3 aromatic heterocycles. The zero-order valence-corrected chi connectivity index (χ0v) is 33.8. The minimum Gasteiger partial charge on any atom is -0.455 e. The fourth-order valence-corrected chi connectivity index (χ4v) is 8.25. The number of hydrogen-bond acceptors (Lipinski definition) is 3. The van der Waals surface area contributed by atoms with Gasteiger partial charge >= 0.3 is 0 Å². The van der Waals surface area contributed by atoms with E-state index in [1.165, 1.54) is 36.4 Å². The lowest BCUT2D eigenvalue weighted by Crippen LogP contribution is -1.91. The van der Waals surface area contributed by atoms with Gasteiger partial charge in [0, 0.05) is 44.8 Å². The highest BCUT2D eigenvalue weighted by molar-refractivity contribution is 6.23. The first-order chi connectivity index (χ1) is 47.4. The van der Waals surface area contributed by atoms with Crippen molar-refractivity contribution < 1.29 is 51.0 Å². The second-order valence-electron chi connectivity index (χ2n) is 14.6. The van der Waals surface area contributed by atoms with Gasteiger partial charge in [-0.15, -0.1) is 0 Å². The topological polar surface area (TPSA) is 38.9 Å². The third-order valence-corrected chi connectivity index (χ3v) is 11.0. The van der Waals surface area contributed by atoms with Gasteiger partial charge in [-0.2, -0.15) is 0 Å². The van der Waals surface area contributed by atoms with Crippen LogP contribution >= 0.6 is 0 Å². The van der Waals surface area contributed by atoms with Crippen molar-refractivity contribution in [3.63, 3.8) is 0 Å². The second-order valence-corrected chi connectivity index (χ2v) is 14.6. The summed E-state index contributed by atoms with van der Waals surface area (Å²) in [6.45, 7) is 0. The fraction of sp³-hybridized carbons (Fsp3) is 0. The molecule has 0 radical (unpaired) electrons. The predicted molar refractivity (Wildman–Crippen MR) is 280 cm³/mol. The molecule has 0 unspecified atom stereocenters. The minimum absolute atomic E-state index is 0.0468. The van der Waals surface area contributed by atoms with Crippen molar-refractivity contribution in [1.29, 1.82) is 0 Å². The Bertz CT molecular complexity index is 5920. The monoisotopic (exact) mass is 887 g/mol. The van der Waals surface area contributed by atoms with Gasteiger partial charge in [-0.05, 0) is 83.8 Å². The Labute approximate surface area is 435 Å². The predicted octanol–water partition coefficient (Wildman–Crippen LogP) is 17.5. The molecule has 13 rings (SSSR count). The molecule has 3 heteroatoms. The van der Waals surface area contributed by atoms with E-state index in [9.17, 15) is 24.7 Å². The van der Waals surface area contributed by atoms with Crippen molar-refractivity contribution >= 4 is 54.1 Å². The molecule has 0 fully saturated rings. The van der Waals surface area contributed by atoms with E-state index < -0.39 is 289 Å². The molecular formula is C64H40N2O. The van der Waals surface area contributed by atoms with Crippen molar-refractivity contribution in [3.8, 4) is 78.4 Å². The number of hydrogen-bond donors (Lipinski definition) is 0. The maximum absolute atomic E-state index is 10.4. The highest BCUT2D eigenvalue weighted by Gasteiger charge is 2.29. The molecular weight excluding hydrogens is 813 g/mol. The number of fused-ring (bicyclic) bond motifs is 6. The van der Waals surface area contributed by atoms with Crippen LogP contribution in [-0.2, 0) is 0 Å². The SMILES string of the molecule is [2H]c1nc2c(c([2H])c1[2H])c([2H])c([2H])c1c([2H])c([2H])c(-c3ccc(-c4c([2H])c([2H])c([2H])c(-c5oc(-c6c7c([2H])c([2H])c([2H])c([2H])c7c(-c7c([2H])c([2H])c([2H])c([2H])c7[2H])c7c([2H])c([2H])c([2H])c([2H])c67)c(-c6c([2H])c([2H])c([2H])c([2H])c6[2H])c5-c5c([2H])c([2H])c([2H])c([2H])c5[2H])c4[2H])c4ccccc34)nc12. The maximum Gasteiger partial charge on any atom is 0.144 e. The third-order valence-electron chi connectivity index (χ3n) is 11.0. The van der Waals surface area contributed by atoms with Crippen LogP contribution in [0.15, 0.2) is 246 Å². The number of rotatable bonds is 7. The summed E-state index contributed by atoms with van der Waals surface area (Å²) in [6.07, 6.45) is -0.695. The van der Waals surface area contributed by atoms with Gasteiger partial charge < -0.3 is 4.42 Å². The molecule has 3 nitrogen and oxygen atoms in total. The van der Waals surface area contributed by atoms with Crippen molar-refractivity contribution in [3.05, 3.63) is 242 Å². The van der Waals surface area contributed by atoms with Gasteiger partial charge in [-0.3, -0.25) is 4.98 Å². The van der Waals surface area contributed by atoms with Gasteiger partial charge in [-0.25, -0.2) is 4.98 Å². The van der Waals surface area contributed by atoms with Crippen LogP contribution in [0.25, 0.3) is 133 Å². The van der Waals surface area contributed by atoms with Crippen molar-refractivity contribution in [2.24, 2.45) is 0 Å². The summed E-state index contributed by atoms with van der Waals surface area (Å²) < 4.78 is 320. The quantitative estimate of drug-likeness (QED) is 0.118. The molecule has 10 aromatic carbocycles.